The van der Waals surface area contributed by atoms with Gasteiger partial charge in [0.1, 0.15) is 17.3 Å². The van der Waals surface area contributed by atoms with Crippen LogP contribution in [0.25, 0.3) is 0 Å². The summed E-state index contributed by atoms with van der Waals surface area (Å²) in [6.45, 7) is 4.80. The molecule has 1 aromatic carbocycles. The van der Waals surface area contributed by atoms with E-state index < -0.39 is 0 Å². The minimum atomic E-state index is -0.234. The summed E-state index contributed by atoms with van der Waals surface area (Å²) in [6, 6.07) is 7.21. The highest BCUT2D eigenvalue weighted by Gasteiger charge is 2.11. The van der Waals surface area contributed by atoms with E-state index in [1.807, 2.05) is 25.1 Å². The maximum absolute atomic E-state index is 12.2. The lowest BCUT2D eigenvalue weighted by Crippen LogP contribution is -2.26. The first-order chi connectivity index (χ1) is 11.5. The Morgan fingerprint density at radius 1 is 1.29 bits per heavy atom. The number of rotatable bonds is 7. The fourth-order valence-corrected chi connectivity index (χ4v) is 2.31. The largest absolute Gasteiger partial charge is 0.385 e. The molecule has 2 aromatic rings. The number of benzene rings is 1. The summed E-state index contributed by atoms with van der Waals surface area (Å²) in [5, 5.41) is 6.67. The maximum atomic E-state index is 12.2. The number of nitrogens with one attached hydrogen (secondary N) is 2. The maximum Gasteiger partial charge on any atom is 0.270 e. The molecule has 0 radical (unpaired) electrons. The third kappa shape index (κ3) is 4.91. The normalized spacial score (nSPS) is 10.5. The Balaban J connectivity index is 2.13. The van der Waals surface area contributed by atoms with Gasteiger partial charge in [-0.3, -0.25) is 4.79 Å². The molecule has 0 spiro atoms. The fraction of sp³-hybridized carbons (Fsp3) is 0.353. The number of anilines is 2. The van der Waals surface area contributed by atoms with Crippen molar-refractivity contribution in [2.24, 2.45) is 0 Å². The zero-order chi connectivity index (χ0) is 17.5. The van der Waals surface area contributed by atoms with Crippen LogP contribution in [-0.2, 0) is 4.74 Å². The molecule has 24 heavy (non-hydrogen) atoms. The van der Waals surface area contributed by atoms with E-state index in [9.17, 15) is 4.79 Å². The molecule has 1 aromatic heterocycles. The molecule has 0 bridgehead atoms. The smallest absolute Gasteiger partial charge is 0.270 e. The molecule has 0 aliphatic heterocycles. The molecule has 0 aliphatic rings. The van der Waals surface area contributed by atoms with Crippen LogP contribution >= 0.6 is 11.6 Å². The molecule has 6 nitrogen and oxygen atoms in total. The summed E-state index contributed by atoms with van der Waals surface area (Å²) in [5.41, 5.74) is 2.08. The number of aromatic nitrogens is 2. The number of aryl methyl sites for hydroxylation is 1. The average molecular weight is 349 g/mol. The van der Waals surface area contributed by atoms with Crippen molar-refractivity contribution in [2.75, 3.05) is 25.6 Å². The van der Waals surface area contributed by atoms with Gasteiger partial charge in [0, 0.05) is 37.0 Å². The van der Waals surface area contributed by atoms with Crippen LogP contribution in [0.1, 0.15) is 28.3 Å². The van der Waals surface area contributed by atoms with Crippen LogP contribution in [0.5, 0.6) is 0 Å². The van der Waals surface area contributed by atoms with Crippen molar-refractivity contribution in [2.45, 2.75) is 20.3 Å². The van der Waals surface area contributed by atoms with E-state index in [0.717, 1.165) is 17.7 Å². The lowest BCUT2D eigenvalue weighted by atomic mass is 10.2. The first-order valence-corrected chi connectivity index (χ1v) is 8.04. The van der Waals surface area contributed by atoms with Crippen LogP contribution in [-0.4, -0.2) is 36.1 Å². The first kappa shape index (κ1) is 18.2. The average Bonchev–Trinajstić information content (AvgIpc) is 2.55. The Kier molecular flexibility index (Phi) is 6.52. The SMILES string of the molecule is COCCCNC(=O)c1cc(Nc2cccc(Cl)c2C)nc(C)n1. The molecule has 0 saturated carbocycles. The Morgan fingerprint density at radius 2 is 2.08 bits per heavy atom. The zero-order valence-corrected chi connectivity index (χ0v) is 14.8. The third-order valence-corrected chi connectivity index (χ3v) is 3.82. The Morgan fingerprint density at radius 3 is 2.83 bits per heavy atom. The Hall–Kier alpha value is -2.18. The molecule has 0 unspecified atom stereocenters. The molecule has 0 fully saturated rings. The van der Waals surface area contributed by atoms with Gasteiger partial charge in [0.15, 0.2) is 0 Å². The number of nitrogens with zero attached hydrogens (tertiary/aromatic N) is 2. The van der Waals surface area contributed by atoms with Crippen LogP contribution in [0.2, 0.25) is 5.02 Å². The van der Waals surface area contributed by atoms with Crippen LogP contribution in [0.15, 0.2) is 24.3 Å². The van der Waals surface area contributed by atoms with Crippen LogP contribution in [0.4, 0.5) is 11.5 Å². The highest BCUT2D eigenvalue weighted by molar-refractivity contribution is 6.31. The number of halogens is 1. The topological polar surface area (TPSA) is 76.1 Å². The monoisotopic (exact) mass is 348 g/mol. The van der Waals surface area contributed by atoms with Crippen molar-refractivity contribution in [3.63, 3.8) is 0 Å². The molecular formula is C17H21ClN4O2. The Bertz CT molecular complexity index is 722. The van der Waals surface area contributed by atoms with Crippen LogP contribution < -0.4 is 10.6 Å². The lowest BCUT2D eigenvalue weighted by Gasteiger charge is -2.11. The molecule has 7 heteroatoms. The number of ether oxygens (including phenoxy) is 1. The number of hydrogen-bond acceptors (Lipinski definition) is 5. The van der Waals surface area contributed by atoms with Crippen LogP contribution in [0, 0.1) is 13.8 Å². The number of carbonyl (C=O) groups excluding carboxylic acids is 1. The van der Waals surface area contributed by atoms with Gasteiger partial charge in [-0.25, -0.2) is 9.97 Å². The van der Waals surface area contributed by atoms with Gasteiger partial charge in [0.25, 0.3) is 5.91 Å². The Labute approximate surface area is 146 Å². The van der Waals surface area contributed by atoms with E-state index in [-0.39, 0.29) is 5.91 Å². The highest BCUT2D eigenvalue weighted by Crippen LogP contribution is 2.25. The van der Waals surface area contributed by atoms with Gasteiger partial charge >= 0.3 is 0 Å². The molecule has 0 aliphatic carbocycles. The van der Waals surface area contributed by atoms with E-state index in [2.05, 4.69) is 20.6 Å². The molecule has 0 saturated heterocycles. The van der Waals surface area contributed by atoms with Crippen LogP contribution in [0.3, 0.4) is 0 Å². The van der Waals surface area contributed by atoms with Crippen molar-refractivity contribution in [3.8, 4) is 0 Å². The number of amides is 1. The van der Waals surface area contributed by atoms with Gasteiger partial charge in [-0.1, -0.05) is 17.7 Å². The summed E-state index contributed by atoms with van der Waals surface area (Å²) >= 11 is 6.13. The van der Waals surface area contributed by atoms with Gasteiger partial charge in [-0.2, -0.15) is 0 Å². The molecule has 2 N–H and O–H groups in total. The molecule has 2 rings (SSSR count). The predicted octanol–water partition coefficient (Wildman–Crippen LogP) is 3.26. The van der Waals surface area contributed by atoms with E-state index in [1.54, 1.807) is 20.1 Å². The summed E-state index contributed by atoms with van der Waals surface area (Å²) in [4.78, 5) is 20.7. The molecule has 0 atom stereocenters. The third-order valence-electron chi connectivity index (χ3n) is 3.41. The predicted molar refractivity (Wildman–Crippen MR) is 95.1 cm³/mol. The molecule has 128 valence electrons. The van der Waals surface area contributed by atoms with E-state index >= 15 is 0 Å². The standard InChI is InChI=1S/C17H21ClN4O2/c1-11-13(18)6-4-7-14(11)22-16-10-15(20-12(2)21-16)17(23)19-8-5-9-24-3/h4,6-7,10H,5,8-9H2,1-3H3,(H,19,23)(H,20,21,22). The minimum absolute atomic E-state index is 0.234. The van der Waals surface area contributed by atoms with Crippen molar-refractivity contribution in [1.82, 2.24) is 15.3 Å². The molecular weight excluding hydrogens is 328 g/mol. The summed E-state index contributed by atoms with van der Waals surface area (Å²) in [6.07, 6.45) is 0.749. The highest BCUT2D eigenvalue weighted by atomic mass is 35.5. The van der Waals surface area contributed by atoms with E-state index in [1.165, 1.54) is 0 Å². The van der Waals surface area contributed by atoms with E-state index in [0.29, 0.717) is 35.5 Å². The molecule has 1 amide bonds. The number of carbonyl (C=O) groups is 1. The second kappa shape index (κ2) is 8.61. The van der Waals surface area contributed by atoms with Crippen molar-refractivity contribution in [1.29, 1.82) is 0 Å². The van der Waals surface area contributed by atoms with Gasteiger partial charge in [0.05, 0.1) is 0 Å². The first-order valence-electron chi connectivity index (χ1n) is 7.66. The summed E-state index contributed by atoms with van der Waals surface area (Å²) in [7, 11) is 1.63. The van der Waals surface area contributed by atoms with Crippen molar-refractivity contribution < 1.29 is 9.53 Å². The van der Waals surface area contributed by atoms with E-state index in [4.69, 9.17) is 16.3 Å². The fourth-order valence-electron chi connectivity index (χ4n) is 2.14. The zero-order valence-electron chi connectivity index (χ0n) is 14.0. The van der Waals surface area contributed by atoms with Gasteiger partial charge < -0.3 is 15.4 Å². The van der Waals surface area contributed by atoms with Gasteiger partial charge in [0.2, 0.25) is 0 Å². The van der Waals surface area contributed by atoms with Crippen molar-refractivity contribution in [3.05, 3.63) is 46.4 Å². The quantitative estimate of drug-likeness (QED) is 0.751. The number of hydrogen-bond donors (Lipinski definition) is 2. The minimum Gasteiger partial charge on any atom is -0.385 e. The second-order valence-corrected chi connectivity index (χ2v) is 5.73. The number of methoxy groups -OCH3 is 1. The summed E-state index contributed by atoms with van der Waals surface area (Å²) < 4.78 is 4.96. The van der Waals surface area contributed by atoms with Gasteiger partial charge in [-0.15, -0.1) is 0 Å². The lowest BCUT2D eigenvalue weighted by molar-refractivity contribution is 0.0943. The second-order valence-electron chi connectivity index (χ2n) is 5.33. The van der Waals surface area contributed by atoms with Crippen molar-refractivity contribution >= 4 is 29.0 Å². The van der Waals surface area contributed by atoms with Gasteiger partial charge in [-0.05, 0) is 38.0 Å². The molecule has 1 heterocycles. The summed E-state index contributed by atoms with van der Waals surface area (Å²) in [5.74, 6) is 0.832.